The van der Waals surface area contributed by atoms with Gasteiger partial charge >= 0.3 is 0 Å². The predicted molar refractivity (Wildman–Crippen MR) is 78.3 cm³/mol. The van der Waals surface area contributed by atoms with E-state index < -0.39 is 0 Å². The molecule has 1 saturated heterocycles. The normalized spacial score (nSPS) is 30.5. The molecule has 1 fully saturated rings. The molecule has 1 aromatic carbocycles. The van der Waals surface area contributed by atoms with Crippen LogP contribution in [-0.4, -0.2) is 36.1 Å². The number of H-pyrrole nitrogens is 1. The lowest BCUT2D eigenvalue weighted by atomic mass is 9.72. The molecule has 100 valence electrons. The maximum atomic E-state index is 5.93. The number of fused-ring (bicyclic) bond motifs is 2. The van der Waals surface area contributed by atoms with Crippen LogP contribution in [0, 0.1) is 5.92 Å². The van der Waals surface area contributed by atoms with Gasteiger partial charge in [0.05, 0.1) is 0 Å². The summed E-state index contributed by atoms with van der Waals surface area (Å²) in [5, 5.41) is 1.48. The third-order valence-electron chi connectivity index (χ3n) is 5.15. The minimum Gasteiger partial charge on any atom is -0.361 e. The molecule has 1 unspecified atom stereocenters. The summed E-state index contributed by atoms with van der Waals surface area (Å²) in [6.07, 6.45) is 4.62. The zero-order valence-electron chi connectivity index (χ0n) is 11.4. The lowest BCUT2D eigenvalue weighted by Gasteiger charge is -2.45. The van der Waals surface area contributed by atoms with Crippen molar-refractivity contribution in [1.82, 2.24) is 9.88 Å². The number of hydrogen-bond acceptors (Lipinski definition) is 2. The van der Waals surface area contributed by atoms with Crippen molar-refractivity contribution in [2.45, 2.75) is 24.8 Å². The SMILES string of the molecule is CN1CC(CN)C[C@H]2c3cccc4[nH]cc(c34)C[C@@H]21. The first-order valence-corrected chi connectivity index (χ1v) is 7.27. The molecule has 0 radical (unpaired) electrons. The van der Waals surface area contributed by atoms with Gasteiger partial charge in [-0.2, -0.15) is 0 Å². The van der Waals surface area contributed by atoms with Crippen molar-refractivity contribution in [1.29, 1.82) is 0 Å². The Morgan fingerprint density at radius 1 is 1.42 bits per heavy atom. The van der Waals surface area contributed by atoms with E-state index >= 15 is 0 Å². The summed E-state index contributed by atoms with van der Waals surface area (Å²) >= 11 is 0. The van der Waals surface area contributed by atoms with Crippen molar-refractivity contribution < 1.29 is 0 Å². The number of nitrogens with one attached hydrogen (secondary N) is 1. The number of nitrogens with zero attached hydrogens (tertiary/aromatic N) is 1. The Kier molecular flexibility index (Phi) is 2.47. The first kappa shape index (κ1) is 11.5. The van der Waals surface area contributed by atoms with Gasteiger partial charge in [0.1, 0.15) is 0 Å². The van der Waals surface area contributed by atoms with Crippen LogP contribution in [0.25, 0.3) is 10.9 Å². The van der Waals surface area contributed by atoms with Gasteiger partial charge in [0.25, 0.3) is 0 Å². The second-order valence-corrected chi connectivity index (χ2v) is 6.24. The van der Waals surface area contributed by atoms with Gasteiger partial charge < -0.3 is 15.6 Å². The third kappa shape index (κ3) is 1.58. The fourth-order valence-corrected chi connectivity index (χ4v) is 4.22. The monoisotopic (exact) mass is 255 g/mol. The van der Waals surface area contributed by atoms with Crippen molar-refractivity contribution in [2.75, 3.05) is 20.1 Å². The van der Waals surface area contributed by atoms with Gasteiger partial charge in [-0.25, -0.2) is 0 Å². The molecule has 3 heteroatoms. The zero-order valence-corrected chi connectivity index (χ0v) is 11.4. The van der Waals surface area contributed by atoms with Crippen LogP contribution in [0.5, 0.6) is 0 Å². The summed E-state index contributed by atoms with van der Waals surface area (Å²) in [7, 11) is 2.26. The molecular formula is C16H21N3. The van der Waals surface area contributed by atoms with Gasteiger partial charge in [0.2, 0.25) is 0 Å². The minimum absolute atomic E-state index is 0.641. The van der Waals surface area contributed by atoms with E-state index in [0.717, 1.165) is 13.1 Å². The summed E-state index contributed by atoms with van der Waals surface area (Å²) in [6, 6.07) is 7.35. The molecule has 0 saturated carbocycles. The molecular weight excluding hydrogens is 234 g/mol. The Balaban J connectivity index is 1.86. The Hall–Kier alpha value is -1.32. The zero-order chi connectivity index (χ0) is 13.0. The predicted octanol–water partition coefficient (Wildman–Crippen LogP) is 2.09. The van der Waals surface area contributed by atoms with E-state index in [1.54, 1.807) is 0 Å². The summed E-state index contributed by atoms with van der Waals surface area (Å²) < 4.78 is 0. The Morgan fingerprint density at radius 3 is 3.16 bits per heavy atom. The fraction of sp³-hybridized carbons (Fsp3) is 0.500. The molecule has 1 aromatic heterocycles. The van der Waals surface area contributed by atoms with Gasteiger partial charge in [-0.05, 0) is 49.5 Å². The maximum Gasteiger partial charge on any atom is 0.0459 e. The highest BCUT2D eigenvalue weighted by Gasteiger charge is 2.38. The van der Waals surface area contributed by atoms with Crippen LogP contribution >= 0.6 is 0 Å². The first-order chi connectivity index (χ1) is 9.28. The average Bonchev–Trinajstić information content (AvgIpc) is 2.85. The maximum absolute atomic E-state index is 5.93. The standard InChI is InChI=1S/C16H21N3/c1-19-9-10(7-17)5-13-12-3-2-4-14-16(12)11(8-18-14)6-15(13)19/h2-4,8,10,13,15,18H,5-7,9,17H2,1H3/t10?,13-,15-/m0/s1. The van der Waals surface area contributed by atoms with Crippen LogP contribution in [-0.2, 0) is 6.42 Å². The number of piperidine rings is 1. The topological polar surface area (TPSA) is 45.0 Å². The number of aromatic amines is 1. The number of hydrogen-bond donors (Lipinski definition) is 2. The van der Waals surface area contributed by atoms with E-state index in [4.69, 9.17) is 5.73 Å². The summed E-state index contributed by atoms with van der Waals surface area (Å²) in [5.41, 5.74) is 10.2. The minimum atomic E-state index is 0.641. The van der Waals surface area contributed by atoms with E-state index in [9.17, 15) is 0 Å². The number of nitrogens with two attached hydrogens (primary N) is 1. The lowest BCUT2D eigenvalue weighted by Crippen LogP contribution is -2.49. The lowest BCUT2D eigenvalue weighted by molar-refractivity contribution is 0.115. The quantitative estimate of drug-likeness (QED) is 0.819. The largest absolute Gasteiger partial charge is 0.361 e. The molecule has 1 aliphatic carbocycles. The van der Waals surface area contributed by atoms with Gasteiger partial charge in [-0.3, -0.25) is 0 Å². The molecule has 1 aliphatic heterocycles. The van der Waals surface area contributed by atoms with E-state index in [-0.39, 0.29) is 0 Å². The molecule has 0 amide bonds. The Bertz CT molecular complexity index is 615. The molecule has 0 bridgehead atoms. The summed E-state index contributed by atoms with van der Waals surface area (Å²) in [5.74, 6) is 1.29. The molecule has 4 rings (SSSR count). The van der Waals surface area contributed by atoms with Crippen LogP contribution < -0.4 is 5.73 Å². The van der Waals surface area contributed by atoms with Crippen molar-refractivity contribution in [3.8, 4) is 0 Å². The molecule has 19 heavy (non-hydrogen) atoms. The molecule has 3 atom stereocenters. The molecule has 2 heterocycles. The van der Waals surface area contributed by atoms with Crippen molar-refractivity contribution >= 4 is 10.9 Å². The first-order valence-electron chi connectivity index (χ1n) is 7.27. The van der Waals surface area contributed by atoms with Crippen LogP contribution in [0.15, 0.2) is 24.4 Å². The van der Waals surface area contributed by atoms with Gasteiger partial charge in [0, 0.05) is 35.6 Å². The summed E-state index contributed by atoms with van der Waals surface area (Å²) in [4.78, 5) is 5.95. The van der Waals surface area contributed by atoms with E-state index in [2.05, 4.69) is 41.3 Å². The van der Waals surface area contributed by atoms with Crippen molar-refractivity contribution in [3.05, 3.63) is 35.5 Å². The van der Waals surface area contributed by atoms with E-state index in [1.807, 2.05) is 0 Å². The number of likely N-dealkylation sites (N-methyl/N-ethyl adjacent to an activating group) is 1. The molecule has 2 aliphatic rings. The van der Waals surface area contributed by atoms with E-state index in [1.165, 1.54) is 34.9 Å². The third-order valence-corrected chi connectivity index (χ3v) is 5.15. The van der Waals surface area contributed by atoms with E-state index in [0.29, 0.717) is 17.9 Å². The highest BCUT2D eigenvalue weighted by atomic mass is 15.1. The van der Waals surface area contributed by atoms with Crippen LogP contribution in [0.2, 0.25) is 0 Å². The van der Waals surface area contributed by atoms with Crippen molar-refractivity contribution in [2.24, 2.45) is 11.7 Å². The van der Waals surface area contributed by atoms with Gasteiger partial charge in [0.15, 0.2) is 0 Å². The smallest absolute Gasteiger partial charge is 0.0459 e. The number of aromatic nitrogens is 1. The fourth-order valence-electron chi connectivity index (χ4n) is 4.22. The van der Waals surface area contributed by atoms with Crippen molar-refractivity contribution in [3.63, 3.8) is 0 Å². The summed E-state index contributed by atoms with van der Waals surface area (Å²) in [6.45, 7) is 1.96. The van der Waals surface area contributed by atoms with Crippen LogP contribution in [0.4, 0.5) is 0 Å². The molecule has 2 aromatic rings. The number of rotatable bonds is 1. The Labute approximate surface area is 113 Å². The highest BCUT2D eigenvalue weighted by molar-refractivity contribution is 5.88. The van der Waals surface area contributed by atoms with Crippen LogP contribution in [0.1, 0.15) is 23.5 Å². The molecule has 0 spiro atoms. The van der Waals surface area contributed by atoms with Gasteiger partial charge in [-0.15, -0.1) is 0 Å². The highest BCUT2D eigenvalue weighted by Crippen LogP contribution is 2.43. The molecule has 3 N–H and O–H groups in total. The Morgan fingerprint density at radius 2 is 2.32 bits per heavy atom. The molecule has 3 nitrogen and oxygen atoms in total. The number of benzene rings is 1. The average molecular weight is 255 g/mol. The second-order valence-electron chi connectivity index (χ2n) is 6.24. The number of likely N-dealkylation sites (tertiary alicyclic amines) is 1. The second kappa shape index (κ2) is 4.09. The van der Waals surface area contributed by atoms with Gasteiger partial charge in [-0.1, -0.05) is 12.1 Å². The van der Waals surface area contributed by atoms with Crippen LogP contribution in [0.3, 0.4) is 0 Å².